The number of pyridine rings is 1. The van der Waals surface area contributed by atoms with Gasteiger partial charge in [0.05, 0.1) is 16.9 Å². The number of carbonyl (C=O) groups is 1. The molecule has 1 aliphatic carbocycles. The van der Waals surface area contributed by atoms with Crippen LogP contribution >= 0.6 is 0 Å². The summed E-state index contributed by atoms with van der Waals surface area (Å²) in [5.74, 6) is 0.277. The standard InChI is InChI=1S/C22H19N3O/c1-2-6-15-13-18-20(19(26)14-15)22(24-17-7-4-3-5-8-17)21(25-18)16-9-11-23-12-10-16/h3-12,15,24-25H,1,13-14H2. The quantitative estimate of drug-likeness (QED) is 0.663. The van der Waals surface area contributed by atoms with Gasteiger partial charge in [0.25, 0.3) is 0 Å². The highest BCUT2D eigenvalue weighted by atomic mass is 16.1. The molecule has 2 aromatic heterocycles. The zero-order valence-corrected chi connectivity index (χ0v) is 14.3. The Morgan fingerprint density at radius 3 is 2.65 bits per heavy atom. The van der Waals surface area contributed by atoms with Crippen LogP contribution in [0, 0.1) is 5.92 Å². The van der Waals surface area contributed by atoms with Crippen molar-refractivity contribution < 1.29 is 4.79 Å². The second kappa shape index (κ2) is 6.87. The van der Waals surface area contributed by atoms with Crippen LogP contribution in [-0.2, 0) is 6.42 Å². The van der Waals surface area contributed by atoms with Gasteiger partial charge in [0.15, 0.2) is 5.78 Å². The fourth-order valence-corrected chi connectivity index (χ4v) is 3.50. The molecule has 4 rings (SSSR count). The number of hydrogen-bond donors (Lipinski definition) is 2. The number of Topliss-reactive ketones (excluding diaryl/α,β-unsaturated/α-hetero) is 1. The zero-order chi connectivity index (χ0) is 17.9. The van der Waals surface area contributed by atoms with Gasteiger partial charge in [0.1, 0.15) is 0 Å². The Hall–Kier alpha value is -3.36. The van der Waals surface area contributed by atoms with E-state index in [4.69, 9.17) is 0 Å². The van der Waals surface area contributed by atoms with Crippen molar-refractivity contribution in [1.82, 2.24) is 9.97 Å². The molecule has 0 bridgehead atoms. The van der Waals surface area contributed by atoms with Crippen molar-refractivity contribution in [3.05, 3.63) is 84.5 Å². The molecule has 2 N–H and O–H groups in total. The molecule has 1 unspecified atom stereocenters. The van der Waals surface area contributed by atoms with Crippen LogP contribution in [0.2, 0.25) is 0 Å². The molecule has 4 heteroatoms. The highest BCUT2D eigenvalue weighted by Gasteiger charge is 2.30. The average molecular weight is 341 g/mol. The Morgan fingerprint density at radius 2 is 1.92 bits per heavy atom. The maximum atomic E-state index is 12.9. The van der Waals surface area contributed by atoms with Crippen LogP contribution < -0.4 is 5.32 Å². The molecule has 0 spiro atoms. The van der Waals surface area contributed by atoms with E-state index < -0.39 is 0 Å². The number of benzene rings is 1. The third-order valence-electron chi connectivity index (χ3n) is 4.64. The average Bonchev–Trinajstić information content (AvgIpc) is 3.02. The number of para-hydroxylation sites is 1. The number of allylic oxidation sites excluding steroid dienone is 1. The number of fused-ring (bicyclic) bond motifs is 1. The SMILES string of the molecule is C=C=CC1CC(=O)c2c([nH]c(-c3ccncc3)c2Nc2ccccc2)C1. The summed E-state index contributed by atoms with van der Waals surface area (Å²) in [4.78, 5) is 20.5. The van der Waals surface area contributed by atoms with Gasteiger partial charge in [-0.2, -0.15) is 0 Å². The van der Waals surface area contributed by atoms with Crippen LogP contribution in [-0.4, -0.2) is 15.8 Å². The molecule has 1 aromatic carbocycles. The predicted molar refractivity (Wildman–Crippen MR) is 104 cm³/mol. The van der Waals surface area contributed by atoms with Crippen LogP contribution in [0.25, 0.3) is 11.3 Å². The Balaban J connectivity index is 1.85. The third-order valence-corrected chi connectivity index (χ3v) is 4.64. The molecule has 26 heavy (non-hydrogen) atoms. The number of carbonyl (C=O) groups excluding carboxylic acids is 1. The lowest BCUT2D eigenvalue weighted by atomic mass is 9.86. The number of ketones is 1. The van der Waals surface area contributed by atoms with Gasteiger partial charge in [-0.25, -0.2) is 0 Å². The molecule has 0 radical (unpaired) electrons. The van der Waals surface area contributed by atoms with Crippen LogP contribution in [0.15, 0.2) is 73.2 Å². The summed E-state index contributed by atoms with van der Waals surface area (Å²) in [6.07, 6.45) is 6.65. The molecule has 1 atom stereocenters. The van der Waals surface area contributed by atoms with Gasteiger partial charge in [0, 0.05) is 35.8 Å². The predicted octanol–water partition coefficient (Wildman–Crippen LogP) is 4.91. The summed E-state index contributed by atoms with van der Waals surface area (Å²) in [7, 11) is 0. The molecule has 4 nitrogen and oxygen atoms in total. The maximum absolute atomic E-state index is 12.9. The van der Waals surface area contributed by atoms with E-state index in [9.17, 15) is 4.79 Å². The number of nitrogens with zero attached hydrogens (tertiary/aromatic N) is 1. The summed E-state index contributed by atoms with van der Waals surface area (Å²) >= 11 is 0. The molecule has 128 valence electrons. The van der Waals surface area contributed by atoms with Gasteiger partial charge in [-0.05, 0) is 42.7 Å². The van der Waals surface area contributed by atoms with Crippen molar-refractivity contribution in [3.8, 4) is 11.3 Å². The topological polar surface area (TPSA) is 57.8 Å². The number of aromatic amines is 1. The van der Waals surface area contributed by atoms with Gasteiger partial charge in [-0.15, -0.1) is 5.73 Å². The highest BCUT2D eigenvalue weighted by Crippen LogP contribution is 2.39. The van der Waals surface area contributed by atoms with Crippen molar-refractivity contribution in [2.75, 3.05) is 5.32 Å². The number of H-pyrrole nitrogens is 1. The summed E-state index contributed by atoms with van der Waals surface area (Å²) in [6, 6.07) is 13.8. The number of aromatic nitrogens is 2. The molecule has 0 amide bonds. The van der Waals surface area contributed by atoms with E-state index in [0.717, 1.165) is 40.3 Å². The first-order chi connectivity index (χ1) is 12.8. The van der Waals surface area contributed by atoms with E-state index in [1.54, 1.807) is 12.4 Å². The first-order valence-corrected chi connectivity index (χ1v) is 8.62. The second-order valence-corrected chi connectivity index (χ2v) is 6.42. The van der Waals surface area contributed by atoms with E-state index in [2.05, 4.69) is 27.6 Å². The van der Waals surface area contributed by atoms with Gasteiger partial charge >= 0.3 is 0 Å². The van der Waals surface area contributed by atoms with Crippen molar-refractivity contribution in [2.24, 2.45) is 5.92 Å². The Bertz CT molecular complexity index is 983. The molecular formula is C22H19N3O. The third kappa shape index (κ3) is 2.99. The van der Waals surface area contributed by atoms with Gasteiger partial charge in [-0.1, -0.05) is 24.8 Å². The fraction of sp³-hybridized carbons (Fsp3) is 0.136. The molecule has 3 aromatic rings. The van der Waals surface area contributed by atoms with Gasteiger partial charge in [0.2, 0.25) is 0 Å². The van der Waals surface area contributed by atoms with Gasteiger partial charge in [-0.3, -0.25) is 9.78 Å². The zero-order valence-electron chi connectivity index (χ0n) is 14.3. The Morgan fingerprint density at radius 1 is 1.15 bits per heavy atom. The highest BCUT2D eigenvalue weighted by molar-refractivity contribution is 6.07. The van der Waals surface area contributed by atoms with Crippen LogP contribution in [0.1, 0.15) is 22.5 Å². The lowest BCUT2D eigenvalue weighted by Crippen LogP contribution is -2.18. The number of rotatable bonds is 4. The minimum Gasteiger partial charge on any atom is -0.356 e. The van der Waals surface area contributed by atoms with E-state index in [1.165, 1.54) is 0 Å². The lowest BCUT2D eigenvalue weighted by Gasteiger charge is -2.18. The summed E-state index contributed by atoms with van der Waals surface area (Å²) < 4.78 is 0. The Labute approximate surface area is 152 Å². The van der Waals surface area contributed by atoms with Crippen LogP contribution in [0.3, 0.4) is 0 Å². The fourth-order valence-electron chi connectivity index (χ4n) is 3.50. The molecule has 2 heterocycles. The minimum atomic E-state index is 0.137. The van der Waals surface area contributed by atoms with E-state index >= 15 is 0 Å². The van der Waals surface area contributed by atoms with Crippen molar-refractivity contribution in [3.63, 3.8) is 0 Å². The maximum Gasteiger partial charge on any atom is 0.167 e. The first kappa shape index (κ1) is 16.1. The summed E-state index contributed by atoms with van der Waals surface area (Å²) in [5.41, 5.74) is 8.23. The largest absolute Gasteiger partial charge is 0.356 e. The molecule has 0 aliphatic heterocycles. The first-order valence-electron chi connectivity index (χ1n) is 8.62. The molecule has 0 saturated carbocycles. The second-order valence-electron chi connectivity index (χ2n) is 6.42. The molecule has 1 aliphatic rings. The number of anilines is 2. The lowest BCUT2D eigenvalue weighted by molar-refractivity contribution is 0.0960. The normalized spacial score (nSPS) is 15.8. The summed E-state index contributed by atoms with van der Waals surface area (Å²) in [6.45, 7) is 3.64. The van der Waals surface area contributed by atoms with E-state index in [0.29, 0.717) is 6.42 Å². The smallest absolute Gasteiger partial charge is 0.167 e. The molecule has 0 saturated heterocycles. The van der Waals surface area contributed by atoms with E-state index in [-0.39, 0.29) is 11.7 Å². The Kier molecular flexibility index (Phi) is 4.26. The number of hydrogen-bond acceptors (Lipinski definition) is 3. The summed E-state index contributed by atoms with van der Waals surface area (Å²) in [5, 5.41) is 3.45. The van der Waals surface area contributed by atoms with Crippen molar-refractivity contribution in [2.45, 2.75) is 12.8 Å². The van der Waals surface area contributed by atoms with Crippen molar-refractivity contribution >= 4 is 17.2 Å². The van der Waals surface area contributed by atoms with Crippen LogP contribution in [0.4, 0.5) is 11.4 Å². The van der Waals surface area contributed by atoms with Crippen molar-refractivity contribution in [1.29, 1.82) is 0 Å². The van der Waals surface area contributed by atoms with Crippen LogP contribution in [0.5, 0.6) is 0 Å². The number of nitrogens with one attached hydrogen (secondary N) is 2. The molecule has 0 fully saturated rings. The van der Waals surface area contributed by atoms with Gasteiger partial charge < -0.3 is 10.3 Å². The minimum absolute atomic E-state index is 0.137. The monoisotopic (exact) mass is 341 g/mol. The van der Waals surface area contributed by atoms with E-state index in [1.807, 2.05) is 48.5 Å². The molecular weight excluding hydrogens is 322 g/mol.